The Morgan fingerprint density at radius 2 is 1.10 bits per heavy atom. The zero-order valence-electron chi connectivity index (χ0n) is 38.4. The highest BCUT2D eigenvalue weighted by Gasteiger charge is 2.35. The minimum atomic E-state index is -1.68. The lowest BCUT2D eigenvalue weighted by Crippen LogP contribution is -2.57. The normalized spacial score (nSPS) is 16.3. The van der Waals surface area contributed by atoms with Crippen molar-refractivity contribution in [2.75, 3.05) is 13.6 Å². The number of carboxylic acid groups (broad SMARTS) is 1. The first-order chi connectivity index (χ1) is 34.0. The molecule has 4 amide bonds. The van der Waals surface area contributed by atoms with Gasteiger partial charge >= 0.3 is 18.3 Å². The first kappa shape index (κ1) is 49.5. The van der Waals surface area contributed by atoms with Gasteiger partial charge in [0.1, 0.15) is 50.0 Å². The van der Waals surface area contributed by atoms with Gasteiger partial charge in [0, 0.05) is 38.4 Å². The highest BCUT2D eigenvalue weighted by molar-refractivity contribution is 5.92. The second kappa shape index (κ2) is 24.6. The van der Waals surface area contributed by atoms with Gasteiger partial charge in [0.25, 0.3) is 0 Å². The van der Waals surface area contributed by atoms with Gasteiger partial charge in [-0.3, -0.25) is 9.59 Å². The van der Waals surface area contributed by atoms with Crippen LogP contribution in [0.2, 0.25) is 0 Å². The van der Waals surface area contributed by atoms with E-state index in [4.69, 9.17) is 23.7 Å². The summed E-state index contributed by atoms with van der Waals surface area (Å²) in [7, 11) is 1.31. The number of carbonyl (C=O) groups excluding carboxylic acids is 4. The van der Waals surface area contributed by atoms with Crippen LogP contribution in [0.3, 0.4) is 0 Å². The minimum Gasteiger partial charge on any atom is -0.489 e. The first-order valence-electron chi connectivity index (χ1n) is 22.6. The van der Waals surface area contributed by atoms with E-state index in [2.05, 4.69) is 16.0 Å². The van der Waals surface area contributed by atoms with Gasteiger partial charge in [0.15, 0.2) is 6.23 Å². The summed E-state index contributed by atoms with van der Waals surface area (Å²) in [5.41, 5.74) is 5.52. The number of aliphatic hydroxyl groups excluding tert-OH is 1. The zero-order valence-corrected chi connectivity index (χ0v) is 38.4. The van der Waals surface area contributed by atoms with Gasteiger partial charge < -0.3 is 54.7 Å². The lowest BCUT2D eigenvalue weighted by Gasteiger charge is -2.32. The molecular weight excluding hydrogens is 897 g/mol. The summed E-state index contributed by atoms with van der Waals surface area (Å²) in [6.07, 6.45) is -7.27. The highest BCUT2D eigenvalue weighted by atomic mass is 16.7. The molecule has 7 rings (SSSR count). The SMILES string of the molecule is CN1C(=O)[C@H](C[C@@H](O)CNC(=O)OCc2ccccc2)NC(=O)[C@@H](NC(=O)OCc2ccccc2)Cc2cc(ccc2OCc2ccccc2)-c2ccc(OCc3ccccc3)c(c2)C[C@@H]1OC(=O)O. The number of likely N-dealkylation sites (N-methyl/N-ethyl adjacent to an activating group) is 1. The molecule has 70 heavy (non-hydrogen) atoms. The van der Waals surface area contributed by atoms with Crippen LogP contribution in [0.1, 0.15) is 39.8 Å². The predicted molar refractivity (Wildman–Crippen MR) is 257 cm³/mol. The Kier molecular flexibility index (Phi) is 17.4. The number of rotatable bonds is 16. The maximum atomic E-state index is 14.7. The van der Waals surface area contributed by atoms with Crippen molar-refractivity contribution in [1.82, 2.24) is 20.9 Å². The largest absolute Gasteiger partial charge is 0.507 e. The summed E-state index contributed by atoms with van der Waals surface area (Å²) >= 11 is 0. The van der Waals surface area contributed by atoms with E-state index in [1.54, 1.807) is 60.7 Å². The molecule has 6 aromatic rings. The molecule has 0 saturated carbocycles. The van der Waals surface area contributed by atoms with E-state index in [9.17, 15) is 34.2 Å². The van der Waals surface area contributed by atoms with Gasteiger partial charge in [-0.2, -0.15) is 0 Å². The quantitative estimate of drug-likeness (QED) is 0.0471. The molecule has 5 N–H and O–H groups in total. The van der Waals surface area contributed by atoms with Gasteiger partial charge in [-0.1, -0.05) is 133 Å². The lowest BCUT2D eigenvalue weighted by atomic mass is 9.96. The third-order valence-corrected chi connectivity index (χ3v) is 11.4. The Bertz CT molecular complexity index is 2690. The molecule has 0 radical (unpaired) electrons. The van der Waals surface area contributed by atoms with Crippen LogP contribution in [0.5, 0.6) is 11.5 Å². The summed E-state index contributed by atoms with van der Waals surface area (Å²) in [6.45, 7) is -0.204. The van der Waals surface area contributed by atoms with Crippen molar-refractivity contribution < 1.29 is 57.9 Å². The van der Waals surface area contributed by atoms with E-state index < -0.39 is 67.5 Å². The van der Waals surface area contributed by atoms with Crippen molar-refractivity contribution in [3.05, 3.63) is 191 Å². The molecule has 4 atom stereocenters. The van der Waals surface area contributed by atoms with Crippen LogP contribution in [-0.4, -0.2) is 83.3 Å². The van der Waals surface area contributed by atoms with Crippen LogP contribution in [0, 0.1) is 0 Å². The van der Waals surface area contributed by atoms with E-state index >= 15 is 0 Å². The van der Waals surface area contributed by atoms with Gasteiger partial charge in [0.05, 0.1) is 6.10 Å². The Labute approximate surface area is 405 Å². The van der Waals surface area contributed by atoms with E-state index in [0.29, 0.717) is 39.3 Å². The molecule has 1 aliphatic heterocycles. The van der Waals surface area contributed by atoms with Crippen molar-refractivity contribution >= 4 is 30.2 Å². The maximum absolute atomic E-state index is 14.7. The number of hydrogen-bond donors (Lipinski definition) is 5. The molecule has 16 nitrogen and oxygen atoms in total. The van der Waals surface area contributed by atoms with Crippen molar-refractivity contribution in [2.24, 2.45) is 0 Å². The molecule has 0 unspecified atom stereocenters. The fourth-order valence-corrected chi connectivity index (χ4v) is 7.70. The van der Waals surface area contributed by atoms with E-state index in [1.807, 2.05) is 97.1 Å². The topological polar surface area (TPSA) is 211 Å². The van der Waals surface area contributed by atoms with Crippen LogP contribution in [0.4, 0.5) is 14.4 Å². The van der Waals surface area contributed by atoms with Crippen molar-refractivity contribution in [1.29, 1.82) is 0 Å². The van der Waals surface area contributed by atoms with Crippen LogP contribution >= 0.6 is 0 Å². The van der Waals surface area contributed by atoms with Gasteiger partial charge in [-0.15, -0.1) is 0 Å². The molecule has 362 valence electrons. The average molecular weight is 951 g/mol. The molecule has 1 heterocycles. The molecule has 6 aromatic carbocycles. The summed E-state index contributed by atoms with van der Waals surface area (Å²) in [5, 5.41) is 29.2. The van der Waals surface area contributed by atoms with Crippen LogP contribution < -0.4 is 25.4 Å². The number of aliphatic hydroxyl groups is 1. The maximum Gasteiger partial charge on any atom is 0.507 e. The zero-order chi connectivity index (χ0) is 49.2. The minimum absolute atomic E-state index is 0.0400. The molecule has 0 fully saturated rings. The van der Waals surface area contributed by atoms with Crippen molar-refractivity contribution in [3.8, 4) is 22.6 Å². The summed E-state index contributed by atoms with van der Waals surface area (Å²) in [5.74, 6) is -0.919. The van der Waals surface area contributed by atoms with Crippen molar-refractivity contribution in [3.63, 3.8) is 0 Å². The van der Waals surface area contributed by atoms with Crippen LogP contribution in [0.15, 0.2) is 158 Å². The molecule has 0 aliphatic carbocycles. The standard InChI is InChI=1S/C54H54N4O12/c1-58-49(70-54(64)65)29-43-27-41(23-25-48(43)67-33-37-16-8-3-9-17-37)40-22-24-47(66-32-36-14-6-2-7-15-36)42(26-40)28-45(57-53(63)69-35-39-20-12-5-13-21-39)50(60)56-46(51(58)61)30-44(59)31-55-52(62)68-34-38-18-10-4-11-19-38/h2-27,44-46,49,59H,28-35H2,1H3,(H,55,62)(H,56,60)(H,57,63)(H,64,65)/t44-,45+,46+,49+/m1/s1. The molecule has 16 heteroatoms. The molecule has 0 saturated heterocycles. The fraction of sp³-hybridized carbons (Fsp3) is 0.241. The number of ether oxygens (including phenoxy) is 5. The van der Waals surface area contributed by atoms with Gasteiger partial charge in [0.2, 0.25) is 11.8 Å². The first-order valence-corrected chi connectivity index (χ1v) is 22.6. The summed E-state index contributed by atoms with van der Waals surface area (Å²) in [4.78, 5) is 69.1. The second-order valence-corrected chi connectivity index (χ2v) is 16.5. The molecule has 0 spiro atoms. The van der Waals surface area contributed by atoms with E-state index in [1.165, 1.54) is 7.05 Å². The fourth-order valence-electron chi connectivity index (χ4n) is 7.70. The summed E-state index contributed by atoms with van der Waals surface area (Å²) < 4.78 is 28.9. The van der Waals surface area contributed by atoms with E-state index in [-0.39, 0.29) is 39.3 Å². The third-order valence-electron chi connectivity index (χ3n) is 11.4. The molecular formula is C54H54N4O12. The number of benzene rings is 6. The third kappa shape index (κ3) is 14.6. The molecule has 1 aliphatic rings. The van der Waals surface area contributed by atoms with Gasteiger partial charge in [-0.25, -0.2) is 14.4 Å². The number of hydrogen-bond acceptors (Lipinski definition) is 11. The Morgan fingerprint density at radius 3 is 1.59 bits per heavy atom. The van der Waals surface area contributed by atoms with Gasteiger partial charge in [-0.05, 0) is 63.2 Å². The highest BCUT2D eigenvalue weighted by Crippen LogP contribution is 2.33. The molecule has 0 aromatic heterocycles. The molecule has 4 bridgehead atoms. The number of amides is 4. The smallest absolute Gasteiger partial charge is 0.489 e. The Morgan fingerprint density at radius 1 is 0.643 bits per heavy atom. The number of nitrogens with one attached hydrogen (secondary N) is 3. The number of fused-ring (bicyclic) bond motifs is 5. The Hall–Kier alpha value is -8.37. The monoisotopic (exact) mass is 950 g/mol. The Balaban J connectivity index is 1.25. The number of alkyl carbamates (subject to hydrolysis) is 2. The average Bonchev–Trinajstić information content (AvgIpc) is 3.38. The van der Waals surface area contributed by atoms with Crippen molar-refractivity contribution in [2.45, 2.75) is 70.1 Å². The summed E-state index contributed by atoms with van der Waals surface area (Å²) in [6, 6.07) is 44.7. The second-order valence-electron chi connectivity index (χ2n) is 16.5. The number of nitrogens with zero attached hydrogens (tertiary/aromatic N) is 1. The predicted octanol–water partition coefficient (Wildman–Crippen LogP) is 7.55. The number of carbonyl (C=O) groups is 5. The van der Waals surface area contributed by atoms with E-state index in [0.717, 1.165) is 21.6 Å². The van der Waals surface area contributed by atoms with Crippen LogP contribution in [0.25, 0.3) is 11.1 Å². The lowest BCUT2D eigenvalue weighted by molar-refractivity contribution is -0.145. The van der Waals surface area contributed by atoms with Crippen LogP contribution in [-0.2, 0) is 63.1 Å².